The van der Waals surface area contributed by atoms with Gasteiger partial charge in [0, 0.05) is 11.2 Å². The molecule has 5 nitrogen and oxygen atoms in total. The Hall–Kier alpha value is -1.95. The quantitative estimate of drug-likeness (QED) is 0.720. The smallest absolute Gasteiger partial charge is 0.279 e. The van der Waals surface area contributed by atoms with E-state index in [1.807, 2.05) is 27.7 Å². The predicted octanol–water partition coefficient (Wildman–Crippen LogP) is 0.584. The van der Waals surface area contributed by atoms with E-state index in [4.69, 9.17) is 0 Å². The van der Waals surface area contributed by atoms with Crippen LogP contribution in [0.5, 0.6) is 0 Å². The number of carbonyl (C=O) groups is 2. The first-order valence-electron chi connectivity index (χ1n) is 7.39. The molecule has 0 heterocycles. The van der Waals surface area contributed by atoms with E-state index in [0.29, 0.717) is 12.2 Å². The van der Waals surface area contributed by atoms with Crippen LogP contribution in [0.1, 0.15) is 27.7 Å². The van der Waals surface area contributed by atoms with Crippen molar-refractivity contribution in [1.82, 2.24) is 5.32 Å². The predicted molar refractivity (Wildman–Crippen MR) is 84.2 cm³/mol. The fourth-order valence-electron chi connectivity index (χ4n) is 2.00. The normalized spacial score (nSPS) is 12.6. The van der Waals surface area contributed by atoms with Crippen molar-refractivity contribution in [2.24, 2.45) is 0 Å². The molecule has 3 N–H and O–H groups in total. The third-order valence-corrected chi connectivity index (χ3v) is 2.94. The number of hydrogen-bond acceptors (Lipinski definition) is 2. The number of amides is 2. The molecule has 6 heteroatoms. The Kier molecular flexibility index (Phi) is 6.49. The van der Waals surface area contributed by atoms with Crippen LogP contribution in [0.15, 0.2) is 24.3 Å². The van der Waals surface area contributed by atoms with Gasteiger partial charge in [0.05, 0.1) is 6.54 Å². The van der Waals surface area contributed by atoms with Crippen molar-refractivity contribution in [1.29, 1.82) is 0 Å². The number of rotatable bonds is 6. The van der Waals surface area contributed by atoms with E-state index >= 15 is 0 Å². The summed E-state index contributed by atoms with van der Waals surface area (Å²) in [6, 6.07) is 5.73. The molecule has 1 aromatic rings. The van der Waals surface area contributed by atoms with Gasteiger partial charge in [-0.25, -0.2) is 4.39 Å². The summed E-state index contributed by atoms with van der Waals surface area (Å²) < 4.78 is 13.1. The van der Waals surface area contributed by atoms with Gasteiger partial charge in [0.2, 0.25) is 0 Å². The molecule has 0 saturated carbocycles. The lowest BCUT2D eigenvalue weighted by Gasteiger charge is -2.23. The van der Waals surface area contributed by atoms with E-state index in [1.54, 1.807) is 6.07 Å². The number of nitrogens with one attached hydrogen (secondary N) is 3. The third-order valence-electron chi connectivity index (χ3n) is 2.94. The van der Waals surface area contributed by atoms with Crippen LogP contribution in [-0.2, 0) is 9.59 Å². The van der Waals surface area contributed by atoms with Crippen molar-refractivity contribution in [2.45, 2.75) is 33.2 Å². The van der Waals surface area contributed by atoms with Gasteiger partial charge in [0.15, 0.2) is 13.1 Å². The van der Waals surface area contributed by atoms with E-state index < -0.39 is 5.82 Å². The van der Waals surface area contributed by atoms with E-state index in [2.05, 4.69) is 10.6 Å². The number of halogens is 1. The van der Waals surface area contributed by atoms with E-state index in [9.17, 15) is 14.0 Å². The monoisotopic (exact) mass is 310 g/mol. The summed E-state index contributed by atoms with van der Waals surface area (Å²) in [5.41, 5.74) is 0.124. The van der Waals surface area contributed by atoms with Crippen molar-refractivity contribution in [3.05, 3.63) is 30.1 Å². The second kappa shape index (κ2) is 7.89. The molecular weight excluding hydrogens is 285 g/mol. The lowest BCUT2D eigenvalue weighted by molar-refractivity contribution is -0.881. The maximum absolute atomic E-state index is 13.1. The van der Waals surface area contributed by atoms with Crippen molar-refractivity contribution in [2.75, 3.05) is 25.0 Å². The summed E-state index contributed by atoms with van der Waals surface area (Å²) in [6.45, 7) is 8.67. The molecule has 0 aliphatic heterocycles. The highest BCUT2D eigenvalue weighted by atomic mass is 19.1. The van der Waals surface area contributed by atoms with Gasteiger partial charge in [0.1, 0.15) is 5.82 Å². The van der Waals surface area contributed by atoms with Gasteiger partial charge >= 0.3 is 0 Å². The average Bonchev–Trinajstić information content (AvgIpc) is 2.35. The maximum Gasteiger partial charge on any atom is 0.279 e. The van der Waals surface area contributed by atoms with Crippen LogP contribution < -0.4 is 15.5 Å². The fraction of sp³-hybridized carbons (Fsp3) is 0.500. The molecule has 2 amide bonds. The number of quaternary nitrogens is 1. The molecule has 0 aromatic heterocycles. The molecule has 0 saturated heterocycles. The maximum atomic E-state index is 13.1. The minimum atomic E-state index is -0.401. The fourth-order valence-corrected chi connectivity index (χ4v) is 2.00. The first-order chi connectivity index (χ1) is 10.2. The Bertz CT molecular complexity index is 526. The molecule has 122 valence electrons. The Morgan fingerprint density at radius 1 is 1.18 bits per heavy atom. The lowest BCUT2D eigenvalue weighted by Crippen LogP contribution is -3.14. The number of carbonyl (C=O) groups excluding carboxylic acids is 2. The molecule has 1 atom stereocenters. The van der Waals surface area contributed by atoms with Crippen molar-refractivity contribution >= 4 is 17.5 Å². The summed E-state index contributed by atoms with van der Waals surface area (Å²) in [6.07, 6.45) is 0. The van der Waals surface area contributed by atoms with Crippen LogP contribution in [-0.4, -0.2) is 37.0 Å². The molecule has 1 aromatic carbocycles. The zero-order chi connectivity index (χ0) is 16.8. The standard InChI is InChI=1S/C16H24FN3O2/c1-5-20(11-15(22)19-16(2,3)4)10-14(21)18-13-8-6-7-12(17)9-13/h6-9H,5,10-11H2,1-4H3,(H,18,21)(H,19,22)/p+1. The number of hydrogen-bond donors (Lipinski definition) is 3. The van der Waals surface area contributed by atoms with Crippen LogP contribution in [0, 0.1) is 5.82 Å². The van der Waals surface area contributed by atoms with Crippen LogP contribution in [0.2, 0.25) is 0 Å². The Morgan fingerprint density at radius 2 is 1.82 bits per heavy atom. The number of benzene rings is 1. The van der Waals surface area contributed by atoms with Crippen molar-refractivity contribution in [3.63, 3.8) is 0 Å². The van der Waals surface area contributed by atoms with E-state index in [-0.39, 0.29) is 30.4 Å². The minimum Gasteiger partial charge on any atom is -0.347 e. The number of anilines is 1. The Balaban J connectivity index is 2.51. The summed E-state index contributed by atoms with van der Waals surface area (Å²) >= 11 is 0. The first kappa shape index (κ1) is 18.1. The zero-order valence-electron chi connectivity index (χ0n) is 13.6. The van der Waals surface area contributed by atoms with Gasteiger partial charge in [-0.2, -0.15) is 0 Å². The molecule has 0 fully saturated rings. The van der Waals surface area contributed by atoms with Gasteiger partial charge in [0.25, 0.3) is 11.8 Å². The summed E-state index contributed by atoms with van der Waals surface area (Å²) in [7, 11) is 0. The second-order valence-electron chi connectivity index (χ2n) is 6.31. The summed E-state index contributed by atoms with van der Waals surface area (Å²) in [4.78, 5) is 24.7. The van der Waals surface area contributed by atoms with Crippen molar-refractivity contribution in [3.8, 4) is 0 Å². The molecule has 0 aliphatic rings. The highest BCUT2D eigenvalue weighted by Gasteiger charge is 2.20. The van der Waals surface area contributed by atoms with Gasteiger partial charge in [-0.1, -0.05) is 6.07 Å². The SMILES string of the molecule is CC[NH+](CC(=O)Nc1cccc(F)c1)CC(=O)NC(C)(C)C. The number of likely N-dealkylation sites (N-methyl/N-ethyl adjacent to an activating group) is 1. The van der Waals surface area contributed by atoms with Crippen LogP contribution in [0.4, 0.5) is 10.1 Å². The molecule has 22 heavy (non-hydrogen) atoms. The van der Waals surface area contributed by atoms with Crippen LogP contribution in [0.3, 0.4) is 0 Å². The van der Waals surface area contributed by atoms with Gasteiger partial charge in [-0.15, -0.1) is 0 Å². The second-order valence-corrected chi connectivity index (χ2v) is 6.31. The van der Waals surface area contributed by atoms with Gasteiger partial charge < -0.3 is 15.5 Å². The minimum absolute atomic E-state index is 0.0945. The zero-order valence-corrected chi connectivity index (χ0v) is 13.6. The average molecular weight is 310 g/mol. The topological polar surface area (TPSA) is 62.6 Å². The third kappa shape index (κ3) is 7.17. The molecule has 1 rings (SSSR count). The highest BCUT2D eigenvalue weighted by molar-refractivity contribution is 5.91. The molecule has 0 aliphatic carbocycles. The van der Waals surface area contributed by atoms with E-state index in [1.165, 1.54) is 18.2 Å². The lowest BCUT2D eigenvalue weighted by atomic mass is 10.1. The van der Waals surface area contributed by atoms with E-state index in [0.717, 1.165) is 4.90 Å². The molecule has 1 unspecified atom stereocenters. The Labute approximate surface area is 130 Å². The largest absolute Gasteiger partial charge is 0.347 e. The molecule has 0 spiro atoms. The van der Waals surface area contributed by atoms with Crippen LogP contribution in [0.25, 0.3) is 0 Å². The molecule has 0 bridgehead atoms. The Morgan fingerprint density at radius 3 is 2.36 bits per heavy atom. The van der Waals surface area contributed by atoms with Crippen LogP contribution >= 0.6 is 0 Å². The molecular formula is C16H25FN3O2+. The van der Waals surface area contributed by atoms with Gasteiger partial charge in [-0.3, -0.25) is 9.59 Å². The summed E-state index contributed by atoms with van der Waals surface area (Å²) in [5.74, 6) is -0.740. The van der Waals surface area contributed by atoms with Crippen molar-refractivity contribution < 1.29 is 18.9 Å². The summed E-state index contributed by atoms with van der Waals surface area (Å²) in [5, 5.41) is 5.51. The highest BCUT2D eigenvalue weighted by Crippen LogP contribution is 2.08. The van der Waals surface area contributed by atoms with Gasteiger partial charge in [-0.05, 0) is 45.9 Å². The molecule has 0 radical (unpaired) electrons. The first-order valence-corrected chi connectivity index (χ1v) is 7.39.